The molecule has 0 atom stereocenters. The Kier molecular flexibility index (Phi) is 13.8. The van der Waals surface area contributed by atoms with E-state index < -0.39 is 23.8 Å². The SMILES string of the molecule is C=C1CCC(=O)N1OC(=O)CCOCCC(=O)ON1C(=O)CCC1=O.CC(=O)CCOCCC(C)=O. The topological polar surface area (TPSA) is 163 Å². The van der Waals surface area contributed by atoms with Crippen molar-refractivity contribution >= 4 is 41.2 Å². The highest BCUT2D eigenvalue weighted by atomic mass is 16.7. The molecule has 2 aliphatic heterocycles. The lowest BCUT2D eigenvalue weighted by atomic mass is 10.3. The van der Waals surface area contributed by atoms with Crippen molar-refractivity contribution in [2.45, 2.75) is 65.2 Å². The average molecular weight is 513 g/mol. The minimum absolute atomic E-state index is 0.0245. The third-order valence-electron chi connectivity index (χ3n) is 4.63. The maximum atomic E-state index is 11.6. The third-order valence-corrected chi connectivity index (χ3v) is 4.63. The average Bonchev–Trinajstić information content (AvgIpc) is 3.29. The maximum absolute atomic E-state index is 11.6. The predicted octanol–water partition coefficient (Wildman–Crippen LogP) is 0.946. The molecule has 2 fully saturated rings. The van der Waals surface area contributed by atoms with E-state index in [0.717, 1.165) is 5.06 Å². The third kappa shape index (κ3) is 12.3. The zero-order valence-electron chi connectivity index (χ0n) is 20.6. The Labute approximate surface area is 208 Å². The molecule has 0 unspecified atom stereocenters. The summed E-state index contributed by atoms with van der Waals surface area (Å²) in [7, 11) is 0. The second-order valence-corrected chi connectivity index (χ2v) is 7.89. The summed E-state index contributed by atoms with van der Waals surface area (Å²) in [5.41, 5.74) is 0.424. The van der Waals surface area contributed by atoms with Crippen LogP contribution >= 0.6 is 0 Å². The van der Waals surface area contributed by atoms with Crippen molar-refractivity contribution in [3.8, 4) is 0 Å². The number of carbonyl (C=O) groups excluding carboxylic acids is 7. The quantitative estimate of drug-likeness (QED) is 0.240. The number of allylic oxidation sites excluding steroid dienone is 1. The molecule has 2 rings (SSSR count). The summed E-state index contributed by atoms with van der Waals surface area (Å²) in [6.07, 6.45) is 1.34. The van der Waals surface area contributed by atoms with Crippen LogP contribution in [-0.2, 0) is 52.7 Å². The van der Waals surface area contributed by atoms with Gasteiger partial charge in [-0.1, -0.05) is 6.58 Å². The largest absolute Gasteiger partial charge is 0.381 e. The fraction of sp³-hybridized carbons (Fsp3) is 0.609. The van der Waals surface area contributed by atoms with Crippen LogP contribution in [0.5, 0.6) is 0 Å². The zero-order chi connectivity index (χ0) is 27.1. The lowest BCUT2D eigenvalue weighted by Crippen LogP contribution is -2.32. The van der Waals surface area contributed by atoms with Gasteiger partial charge in [0.15, 0.2) is 0 Å². The monoisotopic (exact) mass is 512 g/mol. The van der Waals surface area contributed by atoms with Crippen molar-refractivity contribution in [1.82, 2.24) is 10.1 Å². The van der Waals surface area contributed by atoms with Gasteiger partial charge in [0.1, 0.15) is 11.6 Å². The van der Waals surface area contributed by atoms with Crippen molar-refractivity contribution in [2.75, 3.05) is 26.4 Å². The van der Waals surface area contributed by atoms with Crippen LogP contribution in [0.4, 0.5) is 0 Å². The molecule has 0 aromatic heterocycles. The first kappa shape index (κ1) is 30.6. The molecule has 36 heavy (non-hydrogen) atoms. The molecule has 2 saturated heterocycles. The second kappa shape index (κ2) is 16.3. The predicted molar refractivity (Wildman–Crippen MR) is 120 cm³/mol. The van der Waals surface area contributed by atoms with Gasteiger partial charge in [-0.2, -0.15) is 0 Å². The molecule has 3 amide bonds. The molecule has 0 bridgehead atoms. The Morgan fingerprint density at radius 3 is 1.39 bits per heavy atom. The summed E-state index contributed by atoms with van der Waals surface area (Å²) in [6, 6.07) is 0. The van der Waals surface area contributed by atoms with E-state index in [1.807, 2.05) is 0 Å². The Balaban J connectivity index is 0.000000497. The molecule has 2 heterocycles. The fourth-order valence-electron chi connectivity index (χ4n) is 2.65. The number of hydrogen-bond acceptors (Lipinski definition) is 11. The van der Waals surface area contributed by atoms with Gasteiger partial charge in [-0.15, -0.1) is 10.1 Å². The first-order chi connectivity index (χ1) is 17.0. The number of rotatable bonds is 14. The molecule has 0 aromatic carbocycles. The van der Waals surface area contributed by atoms with Gasteiger partial charge in [-0.05, 0) is 20.3 Å². The van der Waals surface area contributed by atoms with Crippen molar-refractivity contribution < 1.29 is 52.7 Å². The number of amides is 3. The first-order valence-electron chi connectivity index (χ1n) is 11.4. The number of hydroxylamine groups is 4. The number of Topliss-reactive ketones (excluding diaryl/α,β-unsaturated/α-hetero) is 2. The van der Waals surface area contributed by atoms with E-state index in [1.165, 1.54) is 13.8 Å². The van der Waals surface area contributed by atoms with E-state index in [-0.39, 0.29) is 62.8 Å². The van der Waals surface area contributed by atoms with Crippen molar-refractivity contribution in [2.24, 2.45) is 0 Å². The Morgan fingerprint density at radius 2 is 1.00 bits per heavy atom. The van der Waals surface area contributed by atoms with Gasteiger partial charge < -0.3 is 19.1 Å². The molecule has 2 aliphatic rings. The van der Waals surface area contributed by atoms with E-state index in [2.05, 4.69) is 11.4 Å². The van der Waals surface area contributed by atoms with E-state index >= 15 is 0 Å². The van der Waals surface area contributed by atoms with Crippen LogP contribution in [0.25, 0.3) is 0 Å². The minimum Gasteiger partial charge on any atom is -0.381 e. The zero-order valence-corrected chi connectivity index (χ0v) is 20.6. The molecular formula is C23H32N2O11. The van der Waals surface area contributed by atoms with E-state index in [9.17, 15) is 33.6 Å². The number of ketones is 2. The second-order valence-electron chi connectivity index (χ2n) is 7.89. The number of imide groups is 1. The summed E-state index contributed by atoms with van der Waals surface area (Å²) in [6.45, 7) is 7.44. The highest BCUT2D eigenvalue weighted by molar-refractivity contribution is 6.01. The van der Waals surface area contributed by atoms with Gasteiger partial charge in [0, 0.05) is 32.1 Å². The number of carbonyl (C=O) groups is 7. The molecule has 0 N–H and O–H groups in total. The molecule has 0 aliphatic carbocycles. The van der Waals surface area contributed by atoms with E-state index in [0.29, 0.717) is 43.2 Å². The highest BCUT2D eigenvalue weighted by Crippen LogP contribution is 2.21. The van der Waals surface area contributed by atoms with Gasteiger partial charge in [0.25, 0.3) is 17.7 Å². The Bertz CT molecular complexity index is 768. The molecule has 0 saturated carbocycles. The van der Waals surface area contributed by atoms with Gasteiger partial charge >= 0.3 is 11.9 Å². The maximum Gasteiger partial charge on any atom is 0.335 e. The number of hydrogen-bond donors (Lipinski definition) is 0. The summed E-state index contributed by atoms with van der Waals surface area (Å²) in [5, 5.41) is 1.34. The van der Waals surface area contributed by atoms with Gasteiger partial charge in [-0.25, -0.2) is 9.59 Å². The lowest BCUT2D eigenvalue weighted by Gasteiger charge is -2.15. The molecule has 0 spiro atoms. The molecule has 200 valence electrons. The molecule has 13 nitrogen and oxygen atoms in total. The van der Waals surface area contributed by atoms with Crippen molar-refractivity contribution in [3.05, 3.63) is 12.3 Å². The summed E-state index contributed by atoms with van der Waals surface area (Å²) in [4.78, 5) is 87.3. The smallest absolute Gasteiger partial charge is 0.335 e. The van der Waals surface area contributed by atoms with Crippen LogP contribution in [0, 0.1) is 0 Å². The summed E-state index contributed by atoms with van der Waals surface area (Å²) in [5.74, 6) is -2.65. The van der Waals surface area contributed by atoms with E-state index in [4.69, 9.17) is 14.3 Å². The number of nitrogens with zero attached hydrogens (tertiary/aromatic N) is 2. The molecule has 0 aromatic rings. The van der Waals surface area contributed by atoms with Crippen molar-refractivity contribution in [1.29, 1.82) is 0 Å². The van der Waals surface area contributed by atoms with Crippen LogP contribution in [0.2, 0.25) is 0 Å². The van der Waals surface area contributed by atoms with Crippen LogP contribution in [0.3, 0.4) is 0 Å². The number of ether oxygens (including phenoxy) is 2. The standard InChI is InChI=1S/C15H18N2O8.C8H14O3/c1-10-2-3-11(18)16(10)24-14(21)6-8-23-9-7-15(22)25-17-12(19)4-5-13(17)20;1-7(9)3-5-11-6-4-8(2)10/h1-9H2;3-6H2,1-2H3. The Morgan fingerprint density at radius 1 is 0.639 bits per heavy atom. The van der Waals surface area contributed by atoms with Gasteiger partial charge in [-0.3, -0.25) is 24.0 Å². The highest BCUT2D eigenvalue weighted by Gasteiger charge is 2.32. The molecular weight excluding hydrogens is 480 g/mol. The Hall–Kier alpha value is -3.45. The summed E-state index contributed by atoms with van der Waals surface area (Å²) >= 11 is 0. The minimum atomic E-state index is -0.787. The van der Waals surface area contributed by atoms with Gasteiger partial charge in [0.05, 0.1) is 45.0 Å². The lowest BCUT2D eigenvalue weighted by molar-refractivity contribution is -0.198. The van der Waals surface area contributed by atoms with E-state index in [1.54, 1.807) is 0 Å². The van der Waals surface area contributed by atoms with Crippen molar-refractivity contribution in [3.63, 3.8) is 0 Å². The summed E-state index contributed by atoms with van der Waals surface area (Å²) < 4.78 is 10.1. The normalized spacial score (nSPS) is 15.1. The first-order valence-corrected chi connectivity index (χ1v) is 11.4. The van der Waals surface area contributed by atoms with Crippen LogP contribution < -0.4 is 0 Å². The fourth-order valence-corrected chi connectivity index (χ4v) is 2.65. The van der Waals surface area contributed by atoms with Gasteiger partial charge in [0.2, 0.25) is 0 Å². The van der Waals surface area contributed by atoms with Crippen LogP contribution in [0.1, 0.15) is 65.2 Å². The molecule has 0 radical (unpaired) electrons. The van der Waals surface area contributed by atoms with Crippen LogP contribution in [-0.4, -0.2) is 77.8 Å². The van der Waals surface area contributed by atoms with Crippen LogP contribution in [0.15, 0.2) is 12.3 Å². The molecule has 13 heteroatoms.